The van der Waals surface area contributed by atoms with Crippen LogP contribution in [-0.4, -0.2) is 24.9 Å². The number of amides is 1. The van der Waals surface area contributed by atoms with Crippen molar-refractivity contribution in [2.75, 3.05) is 0 Å². The smallest absolute Gasteiger partial charge is 0.265 e. The fraction of sp³-hybridized carbons (Fsp3) is 0.722. The van der Waals surface area contributed by atoms with Crippen LogP contribution in [0.2, 0.25) is 0 Å². The lowest BCUT2D eigenvalue weighted by molar-refractivity contribution is -0.0666. The average Bonchev–Trinajstić information content (AvgIpc) is 2.88. The topological polar surface area (TPSA) is 94.2 Å². The lowest BCUT2D eigenvalue weighted by atomic mass is 9.48. The van der Waals surface area contributed by atoms with Gasteiger partial charge < -0.3 is 10.3 Å². The number of aryl methyl sites for hydroxylation is 1. The van der Waals surface area contributed by atoms with Gasteiger partial charge in [-0.15, -0.1) is 0 Å². The zero-order valence-corrected chi connectivity index (χ0v) is 15.7. The molecule has 0 aliphatic heterocycles. The summed E-state index contributed by atoms with van der Waals surface area (Å²) in [7, 11) is -2.04. The maximum absolute atomic E-state index is 12.8. The van der Waals surface area contributed by atoms with Crippen LogP contribution in [-0.2, 0) is 17.1 Å². The van der Waals surface area contributed by atoms with Gasteiger partial charge in [-0.1, -0.05) is 0 Å². The van der Waals surface area contributed by atoms with Crippen LogP contribution in [0.1, 0.15) is 55.9 Å². The van der Waals surface area contributed by atoms with E-state index < -0.39 is 15.9 Å². The van der Waals surface area contributed by atoms with Crippen LogP contribution in [0.3, 0.4) is 0 Å². The molecule has 4 bridgehead atoms. The van der Waals surface area contributed by atoms with Gasteiger partial charge in [-0.05, 0) is 74.7 Å². The fourth-order valence-corrected chi connectivity index (χ4v) is 7.48. The molecule has 1 aromatic rings. The Morgan fingerprint density at radius 3 is 2.20 bits per heavy atom. The second-order valence-electron chi connectivity index (χ2n) is 8.66. The number of rotatable bonds is 5. The lowest BCUT2D eigenvalue weighted by Gasteiger charge is -2.59. The summed E-state index contributed by atoms with van der Waals surface area (Å²) in [6.07, 6.45) is 8.88. The Hall–Kier alpha value is -1.34. The zero-order chi connectivity index (χ0) is 18.0. The second kappa shape index (κ2) is 5.58. The van der Waals surface area contributed by atoms with Crippen molar-refractivity contribution < 1.29 is 13.2 Å². The predicted molar refractivity (Wildman–Crippen MR) is 94.3 cm³/mol. The molecule has 138 valence electrons. The fourth-order valence-electron chi connectivity index (χ4n) is 6.06. The van der Waals surface area contributed by atoms with Crippen LogP contribution in [0.5, 0.6) is 0 Å². The molecular weight excluding hydrogens is 338 g/mol. The van der Waals surface area contributed by atoms with Crippen molar-refractivity contribution >= 4 is 15.9 Å². The summed E-state index contributed by atoms with van der Waals surface area (Å²) in [5.74, 6) is 1.70. The molecule has 1 aromatic heterocycles. The number of hydrogen-bond donors (Lipinski definition) is 2. The Morgan fingerprint density at radius 2 is 1.76 bits per heavy atom. The van der Waals surface area contributed by atoms with E-state index in [9.17, 15) is 13.2 Å². The van der Waals surface area contributed by atoms with E-state index in [1.54, 1.807) is 7.05 Å². The summed E-state index contributed by atoms with van der Waals surface area (Å²) in [5.41, 5.74) is 5.60. The van der Waals surface area contributed by atoms with Crippen LogP contribution in [0.25, 0.3) is 0 Å². The first-order valence-corrected chi connectivity index (χ1v) is 10.7. The first-order chi connectivity index (χ1) is 11.7. The van der Waals surface area contributed by atoms with Crippen LogP contribution < -0.4 is 10.5 Å². The van der Waals surface area contributed by atoms with Crippen LogP contribution in [0.4, 0.5) is 0 Å². The number of carbonyl (C=O) groups is 1. The van der Waals surface area contributed by atoms with Crippen molar-refractivity contribution in [3.63, 3.8) is 0 Å². The Balaban J connectivity index is 1.57. The van der Waals surface area contributed by atoms with Crippen molar-refractivity contribution in [1.29, 1.82) is 0 Å². The molecule has 7 heteroatoms. The highest BCUT2D eigenvalue weighted by molar-refractivity contribution is 7.89. The minimum atomic E-state index is -3.67. The Labute approximate surface area is 149 Å². The van der Waals surface area contributed by atoms with Crippen molar-refractivity contribution in [2.45, 2.75) is 56.4 Å². The molecule has 4 saturated carbocycles. The number of nitrogens with zero attached hydrogens (tertiary/aromatic N) is 1. The SMILES string of the molecule is C[C@@H](NS(=O)(=O)c1cc(C(N)=O)n(C)c1)C12CC3CC(CC(C3)C1)C2. The minimum Gasteiger partial charge on any atom is -0.364 e. The van der Waals surface area contributed by atoms with E-state index in [1.165, 1.54) is 36.1 Å². The van der Waals surface area contributed by atoms with Gasteiger partial charge in [-0.25, -0.2) is 13.1 Å². The van der Waals surface area contributed by atoms with Crippen molar-refractivity contribution in [2.24, 2.45) is 36.0 Å². The molecule has 25 heavy (non-hydrogen) atoms. The largest absolute Gasteiger partial charge is 0.364 e. The number of carbonyl (C=O) groups excluding carboxylic acids is 1. The molecule has 0 unspecified atom stereocenters. The molecule has 1 atom stereocenters. The van der Waals surface area contributed by atoms with Gasteiger partial charge in [0, 0.05) is 19.3 Å². The molecule has 4 fully saturated rings. The van der Waals surface area contributed by atoms with E-state index in [2.05, 4.69) is 4.72 Å². The third-order valence-electron chi connectivity index (χ3n) is 6.88. The highest BCUT2D eigenvalue weighted by Gasteiger charge is 2.53. The summed E-state index contributed by atoms with van der Waals surface area (Å²) in [5, 5.41) is 0. The quantitative estimate of drug-likeness (QED) is 0.836. The highest BCUT2D eigenvalue weighted by atomic mass is 32.2. The van der Waals surface area contributed by atoms with Crippen LogP contribution in [0, 0.1) is 23.2 Å². The van der Waals surface area contributed by atoms with E-state index in [0.717, 1.165) is 37.0 Å². The molecule has 1 amide bonds. The Morgan fingerprint density at radius 1 is 1.24 bits per heavy atom. The molecule has 0 radical (unpaired) electrons. The number of sulfonamides is 1. The molecule has 0 spiro atoms. The van der Waals surface area contributed by atoms with Gasteiger partial charge in [-0.2, -0.15) is 0 Å². The number of hydrogen-bond acceptors (Lipinski definition) is 3. The van der Waals surface area contributed by atoms with Gasteiger partial charge >= 0.3 is 0 Å². The highest BCUT2D eigenvalue weighted by Crippen LogP contribution is 2.61. The molecule has 6 nitrogen and oxygen atoms in total. The summed E-state index contributed by atoms with van der Waals surface area (Å²) in [4.78, 5) is 11.5. The number of primary amides is 1. The molecule has 4 aliphatic carbocycles. The van der Waals surface area contributed by atoms with Gasteiger partial charge in [0.15, 0.2) is 0 Å². The molecule has 1 heterocycles. The summed E-state index contributed by atoms with van der Waals surface area (Å²) in [6, 6.07) is 1.26. The number of nitrogens with one attached hydrogen (secondary N) is 1. The minimum absolute atomic E-state index is 0.0943. The third-order valence-corrected chi connectivity index (χ3v) is 8.39. The molecule has 5 rings (SSSR count). The van der Waals surface area contributed by atoms with E-state index >= 15 is 0 Å². The molecule has 4 aliphatic rings. The maximum Gasteiger partial charge on any atom is 0.265 e. The second-order valence-corrected chi connectivity index (χ2v) is 10.4. The standard InChI is InChI=1S/C18H27N3O3S/c1-11(18-7-12-3-13(8-18)5-14(4-12)9-18)20-25(23,24)15-6-16(17(19)22)21(2)10-15/h6,10-14,20H,3-5,7-9H2,1-2H3,(H2,19,22)/t11-,12?,13?,14?,18?/m1/s1. The summed E-state index contributed by atoms with van der Waals surface area (Å²) < 4.78 is 30.1. The van der Waals surface area contributed by atoms with Crippen molar-refractivity contribution in [1.82, 2.24) is 9.29 Å². The number of nitrogens with two attached hydrogens (primary N) is 1. The van der Waals surface area contributed by atoms with E-state index in [1.807, 2.05) is 6.92 Å². The Bertz CT molecular complexity index is 776. The first kappa shape index (κ1) is 17.1. The molecule has 0 saturated heterocycles. The van der Waals surface area contributed by atoms with E-state index in [4.69, 9.17) is 5.73 Å². The normalized spacial score (nSPS) is 35.0. The Kier molecular flexibility index (Phi) is 3.81. The third kappa shape index (κ3) is 2.81. The van der Waals surface area contributed by atoms with Crippen molar-refractivity contribution in [3.05, 3.63) is 18.0 Å². The van der Waals surface area contributed by atoms with Gasteiger partial charge in [-0.3, -0.25) is 4.79 Å². The molecule has 0 aromatic carbocycles. The van der Waals surface area contributed by atoms with Gasteiger partial charge in [0.05, 0.1) is 0 Å². The first-order valence-electron chi connectivity index (χ1n) is 9.17. The average molecular weight is 365 g/mol. The van der Waals surface area contributed by atoms with Gasteiger partial charge in [0.25, 0.3) is 5.91 Å². The summed E-state index contributed by atoms with van der Waals surface area (Å²) in [6.45, 7) is 2.02. The van der Waals surface area contributed by atoms with E-state index in [0.29, 0.717) is 0 Å². The predicted octanol–water partition coefficient (Wildman–Crippen LogP) is 2.01. The molecule has 3 N–H and O–H groups in total. The molecular formula is C18H27N3O3S. The van der Waals surface area contributed by atoms with E-state index in [-0.39, 0.29) is 22.0 Å². The monoisotopic (exact) mass is 365 g/mol. The van der Waals surface area contributed by atoms with Gasteiger partial charge in [0.2, 0.25) is 10.0 Å². The van der Waals surface area contributed by atoms with Crippen LogP contribution >= 0.6 is 0 Å². The zero-order valence-electron chi connectivity index (χ0n) is 14.9. The van der Waals surface area contributed by atoms with Gasteiger partial charge in [0.1, 0.15) is 10.6 Å². The summed E-state index contributed by atoms with van der Waals surface area (Å²) >= 11 is 0. The lowest BCUT2D eigenvalue weighted by Crippen LogP contribution is -2.55. The number of aromatic nitrogens is 1. The van der Waals surface area contributed by atoms with Crippen molar-refractivity contribution in [3.8, 4) is 0 Å². The van der Waals surface area contributed by atoms with Crippen LogP contribution in [0.15, 0.2) is 17.2 Å². The maximum atomic E-state index is 12.8.